The van der Waals surface area contributed by atoms with Gasteiger partial charge >= 0.3 is 0 Å². The Morgan fingerprint density at radius 1 is 1.19 bits per heavy atom. The molecule has 0 saturated heterocycles. The van der Waals surface area contributed by atoms with E-state index in [9.17, 15) is 14.0 Å². The zero-order valence-electron chi connectivity index (χ0n) is 21.9. The van der Waals surface area contributed by atoms with E-state index in [1.165, 1.54) is 6.07 Å². The minimum atomic E-state index is -0.240. The number of ether oxygens (including phenoxy) is 2. The SMILES string of the molecule is CCCC(=O)Nc1ccc2c(c1)OC[C@H](C)N(Cc1ccccc1F)C[C@H](C)[C@H](OC)CN(C)C2=O. The molecule has 1 N–H and O–H groups in total. The second-order valence-corrected chi connectivity index (χ2v) is 9.63. The number of halogens is 1. The van der Waals surface area contributed by atoms with Crippen LogP contribution in [0.1, 0.15) is 49.5 Å². The van der Waals surface area contributed by atoms with Crippen molar-refractivity contribution >= 4 is 17.5 Å². The predicted octanol–water partition coefficient (Wildman–Crippen LogP) is 4.57. The fourth-order valence-corrected chi connectivity index (χ4v) is 4.44. The van der Waals surface area contributed by atoms with Crippen molar-refractivity contribution in [2.75, 3.05) is 39.2 Å². The zero-order chi connectivity index (χ0) is 26.2. The fourth-order valence-electron chi connectivity index (χ4n) is 4.44. The number of nitrogens with one attached hydrogen (secondary N) is 1. The van der Waals surface area contributed by atoms with Gasteiger partial charge in [-0.2, -0.15) is 0 Å². The van der Waals surface area contributed by atoms with Gasteiger partial charge in [0, 0.05) is 63.6 Å². The van der Waals surface area contributed by atoms with Crippen molar-refractivity contribution < 1.29 is 23.5 Å². The highest BCUT2D eigenvalue weighted by atomic mass is 19.1. The molecule has 8 heteroatoms. The summed E-state index contributed by atoms with van der Waals surface area (Å²) in [5.41, 5.74) is 1.61. The largest absolute Gasteiger partial charge is 0.491 e. The van der Waals surface area contributed by atoms with E-state index in [1.54, 1.807) is 49.4 Å². The average molecular weight is 500 g/mol. The molecule has 0 radical (unpaired) electrons. The number of hydrogen-bond acceptors (Lipinski definition) is 5. The Balaban J connectivity index is 1.94. The first-order valence-electron chi connectivity index (χ1n) is 12.6. The zero-order valence-corrected chi connectivity index (χ0v) is 21.9. The van der Waals surface area contributed by atoms with E-state index in [2.05, 4.69) is 17.1 Å². The fraction of sp³-hybridized carbons (Fsp3) is 0.500. The van der Waals surface area contributed by atoms with Gasteiger partial charge in [-0.05, 0) is 37.5 Å². The van der Waals surface area contributed by atoms with Gasteiger partial charge in [-0.25, -0.2) is 4.39 Å². The van der Waals surface area contributed by atoms with Crippen LogP contribution in [0.5, 0.6) is 5.75 Å². The molecule has 2 amide bonds. The summed E-state index contributed by atoms with van der Waals surface area (Å²) in [4.78, 5) is 29.3. The highest BCUT2D eigenvalue weighted by Crippen LogP contribution is 2.27. The third-order valence-electron chi connectivity index (χ3n) is 6.67. The molecule has 1 aliphatic rings. The number of amides is 2. The number of methoxy groups -OCH3 is 1. The Hall–Kier alpha value is -2.97. The highest BCUT2D eigenvalue weighted by Gasteiger charge is 2.28. The van der Waals surface area contributed by atoms with Gasteiger partial charge in [-0.15, -0.1) is 0 Å². The second kappa shape index (κ2) is 12.8. The van der Waals surface area contributed by atoms with Crippen molar-refractivity contribution in [3.63, 3.8) is 0 Å². The molecule has 0 bridgehead atoms. The Bertz CT molecular complexity index is 1050. The molecule has 0 saturated carbocycles. The van der Waals surface area contributed by atoms with Crippen molar-refractivity contribution in [3.8, 4) is 5.75 Å². The van der Waals surface area contributed by atoms with Gasteiger partial charge < -0.3 is 19.7 Å². The first-order chi connectivity index (χ1) is 17.2. The molecule has 36 heavy (non-hydrogen) atoms. The number of anilines is 1. The van der Waals surface area contributed by atoms with Crippen LogP contribution >= 0.6 is 0 Å². The predicted molar refractivity (Wildman–Crippen MR) is 139 cm³/mol. The summed E-state index contributed by atoms with van der Waals surface area (Å²) in [6.45, 7) is 7.80. The van der Waals surface area contributed by atoms with Crippen LogP contribution in [0.15, 0.2) is 42.5 Å². The van der Waals surface area contributed by atoms with Crippen molar-refractivity contribution in [3.05, 3.63) is 59.4 Å². The lowest BCUT2D eigenvalue weighted by Crippen LogP contribution is -2.46. The third kappa shape index (κ3) is 7.04. The molecule has 0 unspecified atom stereocenters. The summed E-state index contributed by atoms with van der Waals surface area (Å²) in [7, 11) is 3.39. The number of nitrogens with zero attached hydrogens (tertiary/aromatic N) is 2. The number of hydrogen-bond donors (Lipinski definition) is 1. The maximum Gasteiger partial charge on any atom is 0.257 e. The summed E-state index contributed by atoms with van der Waals surface area (Å²) in [6.07, 6.45) is 0.953. The van der Waals surface area contributed by atoms with Crippen molar-refractivity contribution in [1.29, 1.82) is 0 Å². The maximum absolute atomic E-state index is 14.5. The molecular weight excluding hydrogens is 461 g/mol. The average Bonchev–Trinajstić information content (AvgIpc) is 2.85. The molecule has 3 rings (SSSR count). The number of benzene rings is 2. The van der Waals surface area contributed by atoms with Crippen LogP contribution in [-0.2, 0) is 16.1 Å². The molecule has 0 aromatic heterocycles. The molecule has 0 spiro atoms. The van der Waals surface area contributed by atoms with Crippen molar-refractivity contribution in [2.24, 2.45) is 5.92 Å². The van der Waals surface area contributed by atoms with Crippen LogP contribution < -0.4 is 10.1 Å². The Kier molecular flexibility index (Phi) is 9.84. The summed E-state index contributed by atoms with van der Waals surface area (Å²) >= 11 is 0. The summed E-state index contributed by atoms with van der Waals surface area (Å²) in [5.74, 6) is -0.0238. The summed E-state index contributed by atoms with van der Waals surface area (Å²) in [6, 6.07) is 11.8. The van der Waals surface area contributed by atoms with Crippen LogP contribution in [-0.4, -0.2) is 67.6 Å². The molecular formula is C28H38FN3O4. The Morgan fingerprint density at radius 3 is 2.64 bits per heavy atom. The summed E-state index contributed by atoms with van der Waals surface area (Å²) < 4.78 is 26.5. The van der Waals surface area contributed by atoms with Gasteiger partial charge in [0.1, 0.15) is 18.2 Å². The second-order valence-electron chi connectivity index (χ2n) is 9.63. The van der Waals surface area contributed by atoms with Gasteiger partial charge in [-0.1, -0.05) is 32.0 Å². The van der Waals surface area contributed by atoms with E-state index in [0.29, 0.717) is 48.6 Å². The van der Waals surface area contributed by atoms with Crippen LogP contribution in [0, 0.1) is 11.7 Å². The molecule has 2 aromatic rings. The standard InChI is InChI=1S/C28H38FN3O4/c1-6-9-27(33)30-22-12-13-23-25(14-22)36-18-20(3)32(16-21-10-7-8-11-24(21)29)15-19(2)26(35-5)17-31(4)28(23)34/h7-8,10-14,19-20,26H,6,9,15-18H2,1-5H3,(H,30,33)/t19-,20-,26+/m0/s1. The molecule has 0 aliphatic carbocycles. The molecule has 2 aromatic carbocycles. The number of carbonyl (C=O) groups is 2. The molecule has 0 fully saturated rings. The van der Waals surface area contributed by atoms with Crippen LogP contribution in [0.3, 0.4) is 0 Å². The van der Waals surface area contributed by atoms with Gasteiger partial charge in [0.15, 0.2) is 0 Å². The number of rotatable bonds is 6. The first-order valence-corrected chi connectivity index (χ1v) is 12.6. The van der Waals surface area contributed by atoms with E-state index in [-0.39, 0.29) is 42.3 Å². The third-order valence-corrected chi connectivity index (χ3v) is 6.67. The van der Waals surface area contributed by atoms with Gasteiger partial charge in [0.2, 0.25) is 5.91 Å². The van der Waals surface area contributed by atoms with E-state index in [4.69, 9.17) is 9.47 Å². The molecule has 1 aliphatic heterocycles. The lowest BCUT2D eigenvalue weighted by atomic mass is 10.0. The van der Waals surface area contributed by atoms with Crippen molar-refractivity contribution in [1.82, 2.24) is 9.80 Å². The number of likely N-dealkylation sites (N-methyl/N-ethyl adjacent to an activating group) is 1. The van der Waals surface area contributed by atoms with E-state index in [0.717, 1.165) is 6.42 Å². The Morgan fingerprint density at radius 2 is 1.94 bits per heavy atom. The minimum Gasteiger partial charge on any atom is -0.491 e. The molecule has 1 heterocycles. The minimum absolute atomic E-state index is 0.0783. The van der Waals surface area contributed by atoms with E-state index in [1.807, 2.05) is 19.9 Å². The molecule has 196 valence electrons. The highest BCUT2D eigenvalue weighted by molar-refractivity contribution is 5.98. The molecule has 7 nitrogen and oxygen atoms in total. The first kappa shape index (κ1) is 27.6. The van der Waals surface area contributed by atoms with Crippen molar-refractivity contribution in [2.45, 2.75) is 52.3 Å². The number of carbonyl (C=O) groups excluding carboxylic acids is 2. The van der Waals surface area contributed by atoms with Crippen LogP contribution in [0.4, 0.5) is 10.1 Å². The van der Waals surface area contributed by atoms with Crippen LogP contribution in [0.2, 0.25) is 0 Å². The lowest BCUT2D eigenvalue weighted by molar-refractivity contribution is -0.116. The van der Waals surface area contributed by atoms with Gasteiger partial charge in [0.25, 0.3) is 5.91 Å². The lowest BCUT2D eigenvalue weighted by Gasteiger charge is -2.36. The van der Waals surface area contributed by atoms with Gasteiger partial charge in [-0.3, -0.25) is 14.5 Å². The quantitative estimate of drug-likeness (QED) is 0.631. The maximum atomic E-state index is 14.5. The van der Waals surface area contributed by atoms with E-state index >= 15 is 0 Å². The van der Waals surface area contributed by atoms with Gasteiger partial charge in [0.05, 0.1) is 11.7 Å². The summed E-state index contributed by atoms with van der Waals surface area (Å²) in [5, 5.41) is 2.87. The number of fused-ring (bicyclic) bond motifs is 1. The monoisotopic (exact) mass is 499 g/mol. The van der Waals surface area contributed by atoms with E-state index < -0.39 is 0 Å². The topological polar surface area (TPSA) is 71.1 Å². The van der Waals surface area contributed by atoms with Crippen LogP contribution in [0.25, 0.3) is 0 Å². The normalized spacial score (nSPS) is 21.7. The Labute approximate surface area is 213 Å². The smallest absolute Gasteiger partial charge is 0.257 e. The molecule has 3 atom stereocenters.